The van der Waals surface area contributed by atoms with Crippen LogP contribution >= 0.6 is 0 Å². The number of carbonyl (C=O) groups is 1. The van der Waals surface area contributed by atoms with Crippen LogP contribution in [0, 0.1) is 12.8 Å². The molecular formula is C25H32N2O3. The monoisotopic (exact) mass is 408 g/mol. The Hall–Kier alpha value is -2.27. The maximum atomic E-state index is 12.6. The number of hydrogen-bond acceptors (Lipinski definition) is 4. The molecule has 1 aliphatic carbocycles. The lowest BCUT2D eigenvalue weighted by Crippen LogP contribution is -2.50. The number of hydrogen-bond donors (Lipinski definition) is 1. The summed E-state index contributed by atoms with van der Waals surface area (Å²) in [6.07, 6.45) is 5.98. The van der Waals surface area contributed by atoms with Crippen LogP contribution in [0.15, 0.2) is 40.8 Å². The van der Waals surface area contributed by atoms with Crippen molar-refractivity contribution in [2.24, 2.45) is 5.92 Å². The standard InChI is InChI=1S/C25H32N2O3/c1-18-6-9-21(29-18)17-27-12-10-25(11-13-27)15-20(14-24(28)26-16-19-7-8-19)22-4-2-3-5-23(22)30-25/h2-6,9,19-20H,7-8,10-17H2,1H3,(H,26,28). The van der Waals surface area contributed by atoms with Crippen LogP contribution in [-0.4, -0.2) is 36.0 Å². The van der Waals surface area contributed by atoms with E-state index in [1.54, 1.807) is 0 Å². The summed E-state index contributed by atoms with van der Waals surface area (Å²) in [6.45, 7) is 5.66. The van der Waals surface area contributed by atoms with Gasteiger partial charge in [-0.15, -0.1) is 0 Å². The molecular weight excluding hydrogens is 376 g/mol. The van der Waals surface area contributed by atoms with Gasteiger partial charge < -0.3 is 14.5 Å². The van der Waals surface area contributed by atoms with Gasteiger partial charge in [0.2, 0.25) is 5.91 Å². The number of rotatable bonds is 6. The summed E-state index contributed by atoms with van der Waals surface area (Å²) in [5.41, 5.74) is 1.03. The third kappa shape index (κ3) is 4.41. The molecule has 1 N–H and O–H groups in total. The number of carbonyl (C=O) groups excluding carboxylic acids is 1. The first kappa shape index (κ1) is 19.7. The second kappa shape index (κ2) is 8.10. The van der Waals surface area contributed by atoms with Gasteiger partial charge in [0.05, 0.1) is 6.54 Å². The number of furan rings is 1. The molecule has 1 aromatic carbocycles. The third-order valence-corrected chi connectivity index (χ3v) is 6.96. The van der Waals surface area contributed by atoms with Crippen LogP contribution in [0.4, 0.5) is 0 Å². The lowest BCUT2D eigenvalue weighted by atomic mass is 9.76. The molecule has 2 fully saturated rings. The number of aryl methyl sites for hydroxylation is 1. The van der Waals surface area contributed by atoms with E-state index in [1.807, 2.05) is 19.1 Å². The summed E-state index contributed by atoms with van der Waals surface area (Å²) < 4.78 is 12.4. The zero-order valence-electron chi connectivity index (χ0n) is 17.9. The first-order chi connectivity index (χ1) is 14.6. The van der Waals surface area contributed by atoms with Crippen LogP contribution in [0.25, 0.3) is 0 Å². The number of benzene rings is 1. The van der Waals surface area contributed by atoms with Crippen molar-refractivity contribution < 1.29 is 13.9 Å². The number of para-hydroxylation sites is 1. The molecule has 2 aliphatic heterocycles. The van der Waals surface area contributed by atoms with E-state index in [-0.39, 0.29) is 17.4 Å². The number of nitrogens with zero attached hydrogens (tertiary/aromatic N) is 1. The Labute approximate surface area is 178 Å². The van der Waals surface area contributed by atoms with E-state index in [0.29, 0.717) is 12.3 Å². The third-order valence-electron chi connectivity index (χ3n) is 6.96. The first-order valence-electron chi connectivity index (χ1n) is 11.4. The Kier molecular flexibility index (Phi) is 5.32. The van der Waals surface area contributed by atoms with Crippen LogP contribution < -0.4 is 10.1 Å². The van der Waals surface area contributed by atoms with E-state index < -0.39 is 0 Å². The zero-order chi connectivity index (χ0) is 20.6. The second-order valence-corrected chi connectivity index (χ2v) is 9.46. The first-order valence-corrected chi connectivity index (χ1v) is 11.4. The van der Waals surface area contributed by atoms with Gasteiger partial charge in [0.1, 0.15) is 22.9 Å². The molecule has 2 aromatic rings. The highest BCUT2D eigenvalue weighted by molar-refractivity contribution is 5.77. The van der Waals surface area contributed by atoms with Crippen LogP contribution in [0.1, 0.15) is 61.5 Å². The maximum absolute atomic E-state index is 12.6. The fraction of sp³-hybridized carbons (Fsp3) is 0.560. The molecule has 1 unspecified atom stereocenters. The molecule has 1 saturated heterocycles. The van der Waals surface area contributed by atoms with Gasteiger partial charge in [-0.3, -0.25) is 9.69 Å². The minimum atomic E-state index is -0.161. The predicted molar refractivity (Wildman–Crippen MR) is 115 cm³/mol. The summed E-state index contributed by atoms with van der Waals surface area (Å²) in [5.74, 6) is 4.10. The summed E-state index contributed by atoms with van der Waals surface area (Å²) in [4.78, 5) is 15.1. The van der Waals surface area contributed by atoms with E-state index in [9.17, 15) is 4.79 Å². The lowest BCUT2D eigenvalue weighted by Gasteiger charge is -2.46. The highest BCUT2D eigenvalue weighted by Gasteiger charge is 2.43. The minimum Gasteiger partial charge on any atom is -0.487 e. The molecule has 5 heteroatoms. The Balaban J connectivity index is 1.25. The molecule has 1 amide bonds. The Morgan fingerprint density at radius 3 is 2.70 bits per heavy atom. The van der Waals surface area contributed by atoms with Gasteiger partial charge in [0.25, 0.3) is 0 Å². The number of ether oxygens (including phenoxy) is 1. The van der Waals surface area contributed by atoms with E-state index in [1.165, 1.54) is 18.4 Å². The molecule has 3 heterocycles. The van der Waals surface area contributed by atoms with Crippen molar-refractivity contribution in [2.45, 2.75) is 63.5 Å². The topological polar surface area (TPSA) is 54.7 Å². The number of fused-ring (bicyclic) bond motifs is 1. The fourth-order valence-corrected chi connectivity index (χ4v) is 5.02. The lowest BCUT2D eigenvalue weighted by molar-refractivity contribution is -0.122. The number of nitrogens with one attached hydrogen (secondary N) is 1. The van der Waals surface area contributed by atoms with E-state index >= 15 is 0 Å². The molecule has 3 aliphatic rings. The SMILES string of the molecule is Cc1ccc(CN2CCC3(CC2)CC(CC(=O)NCC2CC2)c2ccccc2O3)o1. The summed E-state index contributed by atoms with van der Waals surface area (Å²) >= 11 is 0. The van der Waals surface area contributed by atoms with E-state index in [2.05, 4.69) is 34.5 Å². The smallest absolute Gasteiger partial charge is 0.220 e. The predicted octanol–water partition coefficient (Wildman–Crippen LogP) is 4.41. The molecule has 0 radical (unpaired) electrons. The molecule has 30 heavy (non-hydrogen) atoms. The Morgan fingerprint density at radius 1 is 1.17 bits per heavy atom. The fourth-order valence-electron chi connectivity index (χ4n) is 5.02. The van der Waals surface area contributed by atoms with Crippen molar-refractivity contribution in [3.63, 3.8) is 0 Å². The van der Waals surface area contributed by atoms with Gasteiger partial charge in [-0.1, -0.05) is 18.2 Å². The van der Waals surface area contributed by atoms with Crippen LogP contribution in [0.3, 0.4) is 0 Å². The van der Waals surface area contributed by atoms with Crippen LogP contribution in [-0.2, 0) is 11.3 Å². The van der Waals surface area contributed by atoms with Crippen molar-refractivity contribution >= 4 is 5.91 Å². The Bertz CT molecular complexity index is 893. The van der Waals surface area contributed by atoms with Crippen molar-refractivity contribution in [2.75, 3.05) is 19.6 Å². The highest BCUT2D eigenvalue weighted by Crippen LogP contribution is 2.46. The second-order valence-electron chi connectivity index (χ2n) is 9.46. The van der Waals surface area contributed by atoms with Gasteiger partial charge in [-0.2, -0.15) is 0 Å². The summed E-state index contributed by atoms with van der Waals surface area (Å²) in [6, 6.07) is 12.4. The molecule has 160 valence electrons. The molecule has 0 bridgehead atoms. The maximum Gasteiger partial charge on any atom is 0.220 e. The molecule has 5 rings (SSSR count). The largest absolute Gasteiger partial charge is 0.487 e. The van der Waals surface area contributed by atoms with Gasteiger partial charge >= 0.3 is 0 Å². The minimum absolute atomic E-state index is 0.161. The molecule has 5 nitrogen and oxygen atoms in total. The molecule has 1 spiro atoms. The quantitative estimate of drug-likeness (QED) is 0.769. The van der Waals surface area contributed by atoms with Crippen molar-refractivity contribution in [3.8, 4) is 5.75 Å². The van der Waals surface area contributed by atoms with Gasteiger partial charge in [-0.25, -0.2) is 0 Å². The van der Waals surface area contributed by atoms with Gasteiger partial charge in [-0.05, 0) is 68.7 Å². The molecule has 1 saturated carbocycles. The van der Waals surface area contributed by atoms with Crippen molar-refractivity contribution in [3.05, 3.63) is 53.5 Å². The van der Waals surface area contributed by atoms with E-state index in [0.717, 1.165) is 62.7 Å². The average molecular weight is 409 g/mol. The molecule has 1 atom stereocenters. The van der Waals surface area contributed by atoms with Gasteiger partial charge in [0, 0.05) is 32.0 Å². The van der Waals surface area contributed by atoms with Crippen LogP contribution in [0.2, 0.25) is 0 Å². The van der Waals surface area contributed by atoms with Crippen molar-refractivity contribution in [1.82, 2.24) is 10.2 Å². The summed E-state index contributed by atoms with van der Waals surface area (Å²) in [7, 11) is 0. The number of likely N-dealkylation sites (tertiary alicyclic amines) is 1. The van der Waals surface area contributed by atoms with Crippen molar-refractivity contribution in [1.29, 1.82) is 0 Å². The highest BCUT2D eigenvalue weighted by atomic mass is 16.5. The zero-order valence-corrected chi connectivity index (χ0v) is 17.9. The normalized spacial score (nSPS) is 23.0. The van der Waals surface area contributed by atoms with Gasteiger partial charge in [0.15, 0.2) is 0 Å². The average Bonchev–Trinajstić information content (AvgIpc) is 3.49. The number of amides is 1. The van der Waals surface area contributed by atoms with Crippen LogP contribution in [0.5, 0.6) is 5.75 Å². The molecule has 1 aromatic heterocycles. The summed E-state index contributed by atoms with van der Waals surface area (Å²) in [5, 5.41) is 3.15. The Morgan fingerprint density at radius 2 is 1.97 bits per heavy atom. The van der Waals surface area contributed by atoms with E-state index in [4.69, 9.17) is 9.15 Å². The number of piperidine rings is 1.